The molecule has 0 amide bonds. The molecular formula is C25H32ClFO6. The van der Waals surface area contributed by atoms with Crippen LogP contribution in [0.2, 0.25) is 0 Å². The molecular weight excluding hydrogens is 451 g/mol. The first kappa shape index (κ1) is 24.6. The van der Waals surface area contributed by atoms with Crippen LogP contribution in [-0.4, -0.2) is 50.9 Å². The highest BCUT2D eigenvalue weighted by Gasteiger charge is 2.76. The summed E-state index contributed by atoms with van der Waals surface area (Å²) < 4.78 is 20.8. The number of esters is 1. The molecule has 0 saturated heterocycles. The molecule has 2 N–H and O–H groups in total. The van der Waals surface area contributed by atoms with E-state index < -0.39 is 63.3 Å². The van der Waals surface area contributed by atoms with Gasteiger partial charge in [0, 0.05) is 23.2 Å². The van der Waals surface area contributed by atoms with Crippen molar-refractivity contribution in [2.75, 3.05) is 6.61 Å². The summed E-state index contributed by atoms with van der Waals surface area (Å²) in [6.45, 7) is 6.29. The van der Waals surface area contributed by atoms with Gasteiger partial charge in [0.15, 0.2) is 11.4 Å². The van der Waals surface area contributed by atoms with Crippen LogP contribution >= 0.6 is 11.6 Å². The first-order chi connectivity index (χ1) is 15.3. The molecule has 4 aliphatic rings. The van der Waals surface area contributed by atoms with E-state index in [0.29, 0.717) is 24.8 Å². The van der Waals surface area contributed by atoms with E-state index in [-0.39, 0.29) is 24.7 Å². The van der Waals surface area contributed by atoms with Gasteiger partial charge >= 0.3 is 5.97 Å². The highest BCUT2D eigenvalue weighted by Crippen LogP contribution is 2.72. The Bertz CT molecular complexity index is 976. The average Bonchev–Trinajstić information content (AvgIpc) is 2.99. The summed E-state index contributed by atoms with van der Waals surface area (Å²) in [5, 5.41) is 21.4. The smallest absolute Gasteiger partial charge is 0.306 e. The third-order valence-corrected chi connectivity index (χ3v) is 10.3. The van der Waals surface area contributed by atoms with Crippen LogP contribution in [0.5, 0.6) is 0 Å². The van der Waals surface area contributed by atoms with Gasteiger partial charge in [-0.2, -0.15) is 0 Å². The standard InChI is InChI=1S/C25H32ClFO6/c1-5-20(32)33-25(19(31)12-28)13(2)10-16-14-6-7-15-21(27)17(29)8-9-22(15,3)24(14,26)18(30)11-23(16,25)4/h8-9,13-14,16,18,28,30H,5-7,10-12H2,1-4H3/t13-,14+,16+,18+,22+,23+,24+,25+/m1/s1. The number of aliphatic hydroxyl groups is 2. The number of alkyl halides is 1. The van der Waals surface area contributed by atoms with Crippen molar-refractivity contribution in [1.82, 2.24) is 0 Å². The van der Waals surface area contributed by atoms with Crippen molar-refractivity contribution in [3.63, 3.8) is 0 Å². The Labute approximate surface area is 198 Å². The number of rotatable bonds is 4. The largest absolute Gasteiger partial charge is 0.450 e. The van der Waals surface area contributed by atoms with E-state index >= 15 is 0 Å². The van der Waals surface area contributed by atoms with Gasteiger partial charge in [-0.25, -0.2) is 4.39 Å². The van der Waals surface area contributed by atoms with E-state index in [0.717, 1.165) is 0 Å². The Kier molecular flexibility index (Phi) is 5.74. The SMILES string of the molecule is CCC(=O)O[C@]1(C(=O)CO)[C@H](C)C[C@H]2[C@@H]3CCC4=C(F)C(=O)C=C[C@]4(C)[C@@]3(Cl)[C@@H](O)C[C@@]21C. The molecule has 3 saturated carbocycles. The predicted molar refractivity (Wildman–Crippen MR) is 119 cm³/mol. The molecule has 0 aliphatic heterocycles. The molecule has 8 heteroatoms. The van der Waals surface area contributed by atoms with E-state index in [1.54, 1.807) is 19.9 Å². The van der Waals surface area contributed by atoms with Gasteiger partial charge in [0.25, 0.3) is 0 Å². The lowest BCUT2D eigenvalue weighted by atomic mass is 9.45. The maximum atomic E-state index is 14.9. The van der Waals surface area contributed by atoms with Gasteiger partial charge in [-0.05, 0) is 49.2 Å². The highest BCUT2D eigenvalue weighted by atomic mass is 35.5. The summed E-state index contributed by atoms with van der Waals surface area (Å²) in [7, 11) is 0. The minimum atomic E-state index is -1.58. The zero-order chi connectivity index (χ0) is 24.6. The number of Topliss-reactive ketones (excluding diaryl/α,β-unsaturated/α-hetero) is 1. The van der Waals surface area contributed by atoms with E-state index in [4.69, 9.17) is 16.3 Å². The minimum absolute atomic E-state index is 0.0387. The van der Waals surface area contributed by atoms with Crippen molar-refractivity contribution >= 4 is 29.1 Å². The molecule has 0 spiro atoms. The number of halogens is 2. The van der Waals surface area contributed by atoms with Gasteiger partial charge in [-0.1, -0.05) is 33.8 Å². The molecule has 6 nitrogen and oxygen atoms in total. The molecule has 33 heavy (non-hydrogen) atoms. The number of ether oxygens (including phenoxy) is 1. The number of carbonyl (C=O) groups excluding carboxylic acids is 3. The Balaban J connectivity index is 1.87. The Morgan fingerprint density at radius 2 is 1.97 bits per heavy atom. The van der Waals surface area contributed by atoms with Crippen molar-refractivity contribution in [3.05, 3.63) is 23.6 Å². The molecule has 0 aromatic rings. The fraction of sp³-hybridized carbons (Fsp3) is 0.720. The van der Waals surface area contributed by atoms with Crippen LogP contribution < -0.4 is 0 Å². The first-order valence-electron chi connectivity index (χ1n) is 11.7. The van der Waals surface area contributed by atoms with Crippen LogP contribution in [0.25, 0.3) is 0 Å². The summed E-state index contributed by atoms with van der Waals surface area (Å²) in [5.74, 6) is -3.57. The van der Waals surface area contributed by atoms with E-state index in [1.807, 2.05) is 13.8 Å². The average molecular weight is 483 g/mol. The second-order valence-corrected chi connectivity index (χ2v) is 11.3. The number of fused-ring (bicyclic) bond motifs is 5. The molecule has 182 valence electrons. The van der Waals surface area contributed by atoms with Crippen molar-refractivity contribution < 1.29 is 33.7 Å². The topological polar surface area (TPSA) is 101 Å². The fourth-order valence-electron chi connectivity index (χ4n) is 7.85. The van der Waals surface area contributed by atoms with Crippen LogP contribution in [0.15, 0.2) is 23.6 Å². The number of hydrogen-bond acceptors (Lipinski definition) is 6. The monoisotopic (exact) mass is 482 g/mol. The minimum Gasteiger partial charge on any atom is -0.450 e. The maximum Gasteiger partial charge on any atom is 0.306 e. The summed E-state index contributed by atoms with van der Waals surface area (Å²) in [4.78, 5) is 36.4. The highest BCUT2D eigenvalue weighted by molar-refractivity contribution is 6.26. The van der Waals surface area contributed by atoms with Crippen LogP contribution in [0.3, 0.4) is 0 Å². The zero-order valence-electron chi connectivity index (χ0n) is 19.5. The molecule has 0 aromatic carbocycles. The van der Waals surface area contributed by atoms with E-state index in [9.17, 15) is 29.0 Å². The Morgan fingerprint density at radius 1 is 1.30 bits per heavy atom. The number of aliphatic hydroxyl groups excluding tert-OH is 2. The molecule has 8 atom stereocenters. The molecule has 3 fully saturated rings. The number of allylic oxidation sites excluding steroid dienone is 4. The first-order valence-corrected chi connectivity index (χ1v) is 12.1. The van der Waals surface area contributed by atoms with Crippen LogP contribution in [0.4, 0.5) is 4.39 Å². The van der Waals surface area contributed by atoms with Crippen LogP contribution in [-0.2, 0) is 19.1 Å². The maximum absolute atomic E-state index is 14.9. The van der Waals surface area contributed by atoms with Crippen LogP contribution in [0.1, 0.15) is 59.8 Å². The lowest BCUT2D eigenvalue weighted by Gasteiger charge is -2.64. The van der Waals surface area contributed by atoms with E-state index in [2.05, 4.69) is 0 Å². The lowest BCUT2D eigenvalue weighted by molar-refractivity contribution is -0.202. The van der Waals surface area contributed by atoms with Gasteiger partial charge in [0.05, 0.1) is 11.0 Å². The molecule has 4 rings (SSSR count). The second kappa shape index (κ2) is 7.72. The van der Waals surface area contributed by atoms with Crippen molar-refractivity contribution in [3.8, 4) is 0 Å². The van der Waals surface area contributed by atoms with Crippen molar-refractivity contribution in [1.29, 1.82) is 0 Å². The van der Waals surface area contributed by atoms with E-state index in [1.165, 1.54) is 6.08 Å². The van der Waals surface area contributed by atoms with Gasteiger partial charge in [-0.3, -0.25) is 14.4 Å². The number of carbonyl (C=O) groups is 3. The quantitative estimate of drug-likeness (QED) is 0.470. The summed E-state index contributed by atoms with van der Waals surface area (Å²) in [6, 6.07) is 0. The molecule has 0 unspecified atom stereocenters. The normalized spacial score (nSPS) is 46.5. The Morgan fingerprint density at radius 3 is 2.58 bits per heavy atom. The van der Waals surface area contributed by atoms with Crippen molar-refractivity contribution in [2.45, 2.75) is 76.4 Å². The zero-order valence-corrected chi connectivity index (χ0v) is 20.2. The second-order valence-electron chi connectivity index (χ2n) is 10.6. The predicted octanol–water partition coefficient (Wildman–Crippen LogP) is 3.42. The van der Waals surface area contributed by atoms with Gasteiger partial charge in [-0.15, -0.1) is 11.6 Å². The van der Waals surface area contributed by atoms with Gasteiger partial charge in [0.1, 0.15) is 6.61 Å². The number of hydrogen-bond donors (Lipinski definition) is 2. The summed E-state index contributed by atoms with van der Waals surface area (Å²) >= 11 is 7.32. The van der Waals surface area contributed by atoms with Gasteiger partial charge < -0.3 is 14.9 Å². The fourth-order valence-corrected chi connectivity index (χ4v) is 8.36. The number of ketones is 2. The molecule has 0 radical (unpaired) electrons. The van der Waals surface area contributed by atoms with Crippen molar-refractivity contribution in [2.24, 2.45) is 28.6 Å². The summed E-state index contributed by atoms with van der Waals surface area (Å²) in [6.07, 6.45) is 2.98. The Hall–Kier alpha value is -1.57. The molecule has 0 heterocycles. The molecule has 4 aliphatic carbocycles. The van der Waals surface area contributed by atoms with Crippen LogP contribution in [0, 0.1) is 28.6 Å². The third-order valence-electron chi connectivity index (χ3n) is 9.39. The third kappa shape index (κ3) is 2.82. The molecule has 0 aromatic heterocycles. The lowest BCUT2D eigenvalue weighted by Crippen LogP contribution is -2.69. The summed E-state index contributed by atoms with van der Waals surface area (Å²) in [5.41, 5.74) is -3.32. The molecule has 0 bridgehead atoms. The van der Waals surface area contributed by atoms with Gasteiger partial charge in [0.2, 0.25) is 11.6 Å².